The van der Waals surface area contributed by atoms with Crippen molar-refractivity contribution in [2.45, 2.75) is 0 Å². The summed E-state index contributed by atoms with van der Waals surface area (Å²) in [6.07, 6.45) is 3.18. The van der Waals surface area contributed by atoms with Crippen molar-refractivity contribution in [2.75, 3.05) is 6.16 Å². The molecule has 0 fully saturated rings. The Bertz CT molecular complexity index is 277. The van der Waals surface area contributed by atoms with Crippen LogP contribution in [0.2, 0.25) is 0 Å². The molecule has 13 heavy (non-hydrogen) atoms. The quantitative estimate of drug-likeness (QED) is 0.645. The normalized spacial score (nSPS) is 12.2. The van der Waals surface area contributed by atoms with Gasteiger partial charge in [0.2, 0.25) is 0 Å². The lowest BCUT2D eigenvalue weighted by Crippen LogP contribution is -1.90. The second kappa shape index (κ2) is 4.49. The molecule has 1 rings (SSSR count). The molecular weight excluding hydrogens is 187 g/mol. The molecule has 0 spiro atoms. The van der Waals surface area contributed by atoms with Crippen molar-refractivity contribution in [3.8, 4) is 0 Å². The van der Waals surface area contributed by atoms with Crippen molar-refractivity contribution in [2.24, 2.45) is 0 Å². The lowest BCUT2D eigenvalue weighted by Gasteiger charge is -1.98. The second-order valence-electron chi connectivity index (χ2n) is 2.69. The van der Waals surface area contributed by atoms with Gasteiger partial charge in [0.15, 0.2) is 6.16 Å². The standard InChI is InChI=1S/C9H12O3P/c10-13(11,12)8-4-7-9-5-2-1-3-6-9/h1-7,10-12H,8H2/q+1. The molecule has 0 aliphatic heterocycles. The third kappa shape index (κ3) is 4.76. The molecule has 0 unspecified atom stereocenters. The van der Waals surface area contributed by atoms with Crippen LogP contribution in [0.4, 0.5) is 0 Å². The highest BCUT2D eigenvalue weighted by molar-refractivity contribution is 7.58. The number of rotatable bonds is 3. The average molecular weight is 199 g/mol. The molecule has 0 bridgehead atoms. The van der Waals surface area contributed by atoms with Crippen LogP contribution in [0.5, 0.6) is 0 Å². The maximum absolute atomic E-state index is 8.67. The fourth-order valence-corrected chi connectivity index (χ4v) is 1.28. The molecule has 0 amide bonds. The third-order valence-electron chi connectivity index (χ3n) is 1.46. The van der Waals surface area contributed by atoms with Gasteiger partial charge in [-0.05, 0) is 11.6 Å². The van der Waals surface area contributed by atoms with E-state index in [4.69, 9.17) is 14.7 Å². The molecular formula is C9H12O3P+. The minimum Gasteiger partial charge on any atom is -0.193 e. The first kappa shape index (κ1) is 10.4. The first-order chi connectivity index (χ1) is 6.08. The summed E-state index contributed by atoms with van der Waals surface area (Å²) in [6, 6.07) is 9.46. The Morgan fingerprint density at radius 2 is 1.69 bits per heavy atom. The van der Waals surface area contributed by atoms with E-state index in [1.807, 2.05) is 30.3 Å². The SMILES string of the molecule is O[P+](O)(O)CC=Cc1ccccc1. The van der Waals surface area contributed by atoms with Crippen LogP contribution < -0.4 is 0 Å². The summed E-state index contributed by atoms with van der Waals surface area (Å²) < 4.78 is 0. The molecule has 0 aromatic heterocycles. The average Bonchev–Trinajstić information content (AvgIpc) is 2.04. The Kier molecular flexibility index (Phi) is 3.58. The van der Waals surface area contributed by atoms with E-state index in [0.717, 1.165) is 5.56 Å². The van der Waals surface area contributed by atoms with Gasteiger partial charge < -0.3 is 0 Å². The lowest BCUT2D eigenvalue weighted by molar-refractivity contribution is 0.335. The fourth-order valence-electron chi connectivity index (χ4n) is 0.894. The van der Waals surface area contributed by atoms with Gasteiger partial charge in [-0.25, -0.2) is 0 Å². The molecule has 0 atom stereocenters. The van der Waals surface area contributed by atoms with Crippen molar-refractivity contribution in [3.63, 3.8) is 0 Å². The summed E-state index contributed by atoms with van der Waals surface area (Å²) in [7, 11) is -3.64. The van der Waals surface area contributed by atoms with Crippen molar-refractivity contribution in [3.05, 3.63) is 42.0 Å². The first-order valence-corrected chi connectivity index (χ1v) is 5.69. The van der Waals surface area contributed by atoms with Crippen LogP contribution in [0.25, 0.3) is 6.08 Å². The van der Waals surface area contributed by atoms with Crippen molar-refractivity contribution in [1.82, 2.24) is 0 Å². The summed E-state index contributed by atoms with van der Waals surface area (Å²) in [5.41, 5.74) is 0.968. The predicted octanol–water partition coefficient (Wildman–Crippen LogP) is 1.44. The lowest BCUT2D eigenvalue weighted by atomic mass is 10.2. The summed E-state index contributed by atoms with van der Waals surface area (Å²) in [4.78, 5) is 26.0. The molecule has 1 aromatic rings. The van der Waals surface area contributed by atoms with E-state index in [1.165, 1.54) is 0 Å². The van der Waals surface area contributed by atoms with Crippen LogP contribution in [0.3, 0.4) is 0 Å². The summed E-state index contributed by atoms with van der Waals surface area (Å²) in [5, 5.41) is 0. The Hall–Kier alpha value is -0.730. The maximum Gasteiger partial charge on any atom is 0.407 e. The van der Waals surface area contributed by atoms with E-state index < -0.39 is 7.94 Å². The van der Waals surface area contributed by atoms with E-state index in [2.05, 4.69) is 0 Å². The monoisotopic (exact) mass is 199 g/mol. The van der Waals surface area contributed by atoms with Gasteiger partial charge in [-0.3, -0.25) is 0 Å². The van der Waals surface area contributed by atoms with E-state index in [1.54, 1.807) is 12.2 Å². The highest BCUT2D eigenvalue weighted by Crippen LogP contribution is 2.44. The Balaban J connectivity index is 2.51. The Labute approximate surface area is 77.6 Å². The van der Waals surface area contributed by atoms with Crippen molar-refractivity contribution >= 4 is 14.0 Å². The van der Waals surface area contributed by atoms with E-state index >= 15 is 0 Å². The van der Waals surface area contributed by atoms with E-state index in [9.17, 15) is 0 Å². The molecule has 1 aromatic carbocycles. The van der Waals surface area contributed by atoms with Gasteiger partial charge in [-0.1, -0.05) is 36.4 Å². The first-order valence-electron chi connectivity index (χ1n) is 3.86. The smallest absolute Gasteiger partial charge is 0.193 e. The van der Waals surface area contributed by atoms with Crippen molar-refractivity contribution in [1.29, 1.82) is 0 Å². The molecule has 0 saturated carbocycles. The minimum atomic E-state index is -3.64. The largest absolute Gasteiger partial charge is 0.407 e. The number of benzene rings is 1. The summed E-state index contributed by atoms with van der Waals surface area (Å²) in [5.74, 6) is 0. The van der Waals surface area contributed by atoms with E-state index in [-0.39, 0.29) is 6.16 Å². The summed E-state index contributed by atoms with van der Waals surface area (Å²) >= 11 is 0. The van der Waals surface area contributed by atoms with Crippen molar-refractivity contribution < 1.29 is 14.7 Å². The zero-order valence-electron chi connectivity index (χ0n) is 7.04. The van der Waals surface area contributed by atoms with Gasteiger partial charge in [0.05, 0.1) is 0 Å². The van der Waals surface area contributed by atoms with Gasteiger partial charge >= 0.3 is 7.94 Å². The molecule has 0 saturated heterocycles. The molecule has 70 valence electrons. The molecule has 3 N–H and O–H groups in total. The Morgan fingerprint density at radius 1 is 1.08 bits per heavy atom. The van der Waals surface area contributed by atoms with E-state index in [0.29, 0.717) is 0 Å². The minimum absolute atomic E-state index is 0.0953. The van der Waals surface area contributed by atoms with Gasteiger partial charge in [0, 0.05) is 0 Å². The molecule has 3 nitrogen and oxygen atoms in total. The zero-order chi connectivity index (χ0) is 9.73. The maximum atomic E-state index is 8.67. The third-order valence-corrected chi connectivity index (χ3v) is 2.16. The molecule has 0 heterocycles. The van der Waals surface area contributed by atoms with Crippen LogP contribution in [-0.2, 0) is 0 Å². The molecule has 4 heteroatoms. The number of hydrogen-bond acceptors (Lipinski definition) is 3. The molecule has 0 radical (unpaired) electrons. The zero-order valence-corrected chi connectivity index (χ0v) is 7.93. The highest BCUT2D eigenvalue weighted by atomic mass is 31.2. The van der Waals surface area contributed by atoms with Gasteiger partial charge in [-0.2, -0.15) is 14.7 Å². The molecule has 0 aliphatic rings. The number of allylic oxidation sites excluding steroid dienone is 1. The van der Waals surface area contributed by atoms with Crippen LogP contribution >= 0.6 is 7.94 Å². The second-order valence-corrected chi connectivity index (χ2v) is 4.44. The Morgan fingerprint density at radius 3 is 2.23 bits per heavy atom. The number of hydrogen-bond donors (Lipinski definition) is 3. The van der Waals surface area contributed by atoms with Gasteiger partial charge in [0.25, 0.3) is 0 Å². The predicted molar refractivity (Wildman–Crippen MR) is 53.9 cm³/mol. The van der Waals surface area contributed by atoms with Gasteiger partial charge in [0.1, 0.15) is 0 Å². The molecule has 0 aliphatic carbocycles. The fraction of sp³-hybridized carbons (Fsp3) is 0.111. The summed E-state index contributed by atoms with van der Waals surface area (Å²) in [6.45, 7) is 0. The van der Waals surface area contributed by atoms with Crippen LogP contribution in [0.15, 0.2) is 36.4 Å². The van der Waals surface area contributed by atoms with Gasteiger partial charge in [-0.15, -0.1) is 0 Å². The van der Waals surface area contributed by atoms with Crippen LogP contribution in [-0.4, -0.2) is 20.8 Å². The topological polar surface area (TPSA) is 60.7 Å². The highest BCUT2D eigenvalue weighted by Gasteiger charge is 2.26. The van der Waals surface area contributed by atoms with Crippen LogP contribution in [0, 0.1) is 0 Å². The van der Waals surface area contributed by atoms with Crippen LogP contribution in [0.1, 0.15) is 5.56 Å².